The van der Waals surface area contributed by atoms with Crippen molar-refractivity contribution in [2.75, 3.05) is 13.1 Å². The maximum absolute atomic E-state index is 11.5. The molecule has 2 rings (SSSR count). The van der Waals surface area contributed by atoms with Gasteiger partial charge in [-0.15, -0.1) is 0 Å². The van der Waals surface area contributed by atoms with Crippen molar-refractivity contribution in [1.82, 2.24) is 14.7 Å². The van der Waals surface area contributed by atoms with E-state index in [2.05, 4.69) is 16.9 Å². The van der Waals surface area contributed by atoms with Crippen molar-refractivity contribution in [2.24, 2.45) is 12.5 Å². The van der Waals surface area contributed by atoms with E-state index in [1.165, 1.54) is 0 Å². The predicted octanol–water partition coefficient (Wildman–Crippen LogP) is 1.50. The highest BCUT2D eigenvalue weighted by Crippen LogP contribution is 2.36. The van der Waals surface area contributed by atoms with Gasteiger partial charge < -0.3 is 5.11 Å². The molecule has 0 saturated carbocycles. The molecule has 100 valence electrons. The minimum absolute atomic E-state index is 0.534. The molecule has 0 aliphatic carbocycles. The fraction of sp³-hybridized carbons (Fsp3) is 0.692. The number of hydrogen-bond acceptors (Lipinski definition) is 3. The van der Waals surface area contributed by atoms with Gasteiger partial charge in [0.15, 0.2) is 0 Å². The molecule has 1 atom stereocenters. The molecular formula is C13H21N3O2. The van der Waals surface area contributed by atoms with Crippen molar-refractivity contribution in [3.05, 3.63) is 18.0 Å². The standard InChI is InChI=1S/C13H21N3O2/c1-3-5-13(12(17)18)6-8-16(10-13)9-11-4-7-14-15(11)2/h4,7H,3,5-6,8-10H2,1-2H3,(H,17,18). The Morgan fingerprint density at radius 1 is 1.61 bits per heavy atom. The van der Waals surface area contributed by atoms with Crippen LogP contribution in [0.4, 0.5) is 0 Å². The predicted molar refractivity (Wildman–Crippen MR) is 68.1 cm³/mol. The highest BCUT2D eigenvalue weighted by atomic mass is 16.4. The van der Waals surface area contributed by atoms with Gasteiger partial charge in [0.2, 0.25) is 0 Å². The zero-order chi connectivity index (χ0) is 13.2. The number of carboxylic acid groups (broad SMARTS) is 1. The summed E-state index contributed by atoms with van der Waals surface area (Å²) >= 11 is 0. The van der Waals surface area contributed by atoms with Crippen LogP contribution in [0.2, 0.25) is 0 Å². The first-order chi connectivity index (χ1) is 8.57. The van der Waals surface area contributed by atoms with E-state index < -0.39 is 11.4 Å². The number of aliphatic carboxylic acids is 1. The lowest BCUT2D eigenvalue weighted by molar-refractivity contribution is -0.148. The fourth-order valence-corrected chi connectivity index (χ4v) is 2.84. The second kappa shape index (κ2) is 5.10. The molecule has 1 unspecified atom stereocenters. The van der Waals surface area contributed by atoms with E-state index in [9.17, 15) is 9.90 Å². The van der Waals surface area contributed by atoms with Crippen molar-refractivity contribution in [3.63, 3.8) is 0 Å². The second-order valence-corrected chi connectivity index (χ2v) is 5.24. The van der Waals surface area contributed by atoms with Crippen LogP contribution in [-0.2, 0) is 18.4 Å². The number of hydrogen-bond donors (Lipinski definition) is 1. The van der Waals surface area contributed by atoms with Gasteiger partial charge in [0.05, 0.1) is 11.1 Å². The largest absolute Gasteiger partial charge is 0.481 e. The summed E-state index contributed by atoms with van der Waals surface area (Å²) in [6.07, 6.45) is 4.23. The first-order valence-electron chi connectivity index (χ1n) is 6.50. The van der Waals surface area contributed by atoms with Gasteiger partial charge in [-0.2, -0.15) is 5.10 Å². The van der Waals surface area contributed by atoms with Gasteiger partial charge in [-0.05, 0) is 25.5 Å². The maximum atomic E-state index is 11.5. The minimum Gasteiger partial charge on any atom is -0.481 e. The third kappa shape index (κ3) is 2.41. The van der Waals surface area contributed by atoms with E-state index in [0.29, 0.717) is 6.54 Å². The zero-order valence-electron chi connectivity index (χ0n) is 11.1. The summed E-state index contributed by atoms with van der Waals surface area (Å²) in [6, 6.07) is 1.99. The Labute approximate surface area is 107 Å². The van der Waals surface area contributed by atoms with Crippen molar-refractivity contribution in [2.45, 2.75) is 32.7 Å². The van der Waals surface area contributed by atoms with Crippen LogP contribution in [0.15, 0.2) is 12.3 Å². The molecule has 1 saturated heterocycles. The van der Waals surface area contributed by atoms with E-state index >= 15 is 0 Å². The molecular weight excluding hydrogens is 230 g/mol. The van der Waals surface area contributed by atoms with Crippen LogP contribution >= 0.6 is 0 Å². The lowest BCUT2D eigenvalue weighted by Crippen LogP contribution is -2.34. The van der Waals surface area contributed by atoms with E-state index in [0.717, 1.165) is 38.0 Å². The maximum Gasteiger partial charge on any atom is 0.310 e. The van der Waals surface area contributed by atoms with Crippen molar-refractivity contribution >= 4 is 5.97 Å². The smallest absolute Gasteiger partial charge is 0.310 e. The van der Waals surface area contributed by atoms with Gasteiger partial charge in [0.1, 0.15) is 0 Å². The van der Waals surface area contributed by atoms with Crippen molar-refractivity contribution < 1.29 is 9.90 Å². The molecule has 0 bridgehead atoms. The third-order valence-corrected chi connectivity index (χ3v) is 3.92. The SMILES string of the molecule is CCCC1(C(=O)O)CCN(Cc2ccnn2C)C1. The summed E-state index contributed by atoms with van der Waals surface area (Å²) in [5.74, 6) is -0.642. The summed E-state index contributed by atoms with van der Waals surface area (Å²) in [7, 11) is 1.92. The van der Waals surface area contributed by atoms with Crippen LogP contribution in [-0.4, -0.2) is 38.8 Å². The molecule has 1 fully saturated rings. The lowest BCUT2D eigenvalue weighted by atomic mass is 9.83. The average molecular weight is 251 g/mol. The number of carboxylic acids is 1. The van der Waals surface area contributed by atoms with Crippen LogP contribution in [0.1, 0.15) is 31.9 Å². The molecule has 0 amide bonds. The summed E-state index contributed by atoms with van der Waals surface area (Å²) in [5, 5.41) is 13.6. The van der Waals surface area contributed by atoms with E-state index in [4.69, 9.17) is 0 Å². The first-order valence-corrected chi connectivity index (χ1v) is 6.50. The topological polar surface area (TPSA) is 58.4 Å². The van der Waals surface area contributed by atoms with Gasteiger partial charge in [0.25, 0.3) is 0 Å². The minimum atomic E-state index is -0.642. The van der Waals surface area contributed by atoms with Crippen LogP contribution in [0, 0.1) is 5.41 Å². The quantitative estimate of drug-likeness (QED) is 0.861. The van der Waals surface area contributed by atoms with Crippen molar-refractivity contribution in [1.29, 1.82) is 0 Å². The Bertz CT molecular complexity index is 430. The van der Waals surface area contributed by atoms with Crippen LogP contribution in [0.5, 0.6) is 0 Å². The molecule has 1 aromatic rings. The Hall–Kier alpha value is -1.36. The third-order valence-electron chi connectivity index (χ3n) is 3.92. The van der Waals surface area contributed by atoms with Crippen LogP contribution in [0.3, 0.4) is 0 Å². The van der Waals surface area contributed by atoms with Crippen LogP contribution in [0.25, 0.3) is 0 Å². The Kier molecular flexibility index (Phi) is 3.71. The molecule has 1 aliphatic heterocycles. The summed E-state index contributed by atoms with van der Waals surface area (Å²) in [4.78, 5) is 13.7. The van der Waals surface area contributed by atoms with Crippen LogP contribution < -0.4 is 0 Å². The molecule has 5 heteroatoms. The molecule has 0 spiro atoms. The second-order valence-electron chi connectivity index (χ2n) is 5.24. The number of aryl methyl sites for hydroxylation is 1. The number of carbonyl (C=O) groups is 1. The number of rotatable bonds is 5. The number of aromatic nitrogens is 2. The van der Waals surface area contributed by atoms with Gasteiger partial charge >= 0.3 is 5.97 Å². The summed E-state index contributed by atoms with van der Waals surface area (Å²) < 4.78 is 1.85. The van der Waals surface area contributed by atoms with Gasteiger partial charge in [-0.25, -0.2) is 0 Å². The molecule has 5 nitrogen and oxygen atoms in total. The normalized spacial score (nSPS) is 24.6. The summed E-state index contributed by atoms with van der Waals surface area (Å²) in [6.45, 7) is 4.35. The molecule has 2 heterocycles. The monoisotopic (exact) mass is 251 g/mol. The molecule has 0 radical (unpaired) electrons. The highest BCUT2D eigenvalue weighted by Gasteiger charge is 2.43. The number of likely N-dealkylation sites (tertiary alicyclic amines) is 1. The summed E-state index contributed by atoms with van der Waals surface area (Å²) in [5.41, 5.74) is 0.598. The molecule has 18 heavy (non-hydrogen) atoms. The average Bonchev–Trinajstić information content (AvgIpc) is 2.89. The Morgan fingerprint density at radius 3 is 2.94 bits per heavy atom. The zero-order valence-corrected chi connectivity index (χ0v) is 11.1. The van der Waals surface area contributed by atoms with E-state index in [-0.39, 0.29) is 0 Å². The highest BCUT2D eigenvalue weighted by molar-refractivity contribution is 5.75. The fourth-order valence-electron chi connectivity index (χ4n) is 2.84. The molecule has 1 N–H and O–H groups in total. The molecule has 0 aromatic carbocycles. The first kappa shape index (κ1) is 13.1. The van der Waals surface area contributed by atoms with Gasteiger partial charge in [-0.1, -0.05) is 13.3 Å². The Morgan fingerprint density at radius 2 is 2.39 bits per heavy atom. The van der Waals surface area contributed by atoms with E-state index in [1.807, 2.05) is 17.8 Å². The van der Waals surface area contributed by atoms with E-state index in [1.54, 1.807) is 6.20 Å². The molecule has 1 aromatic heterocycles. The molecule has 1 aliphatic rings. The number of nitrogens with zero attached hydrogens (tertiary/aromatic N) is 3. The van der Waals surface area contributed by atoms with Gasteiger partial charge in [-0.3, -0.25) is 14.4 Å². The lowest BCUT2D eigenvalue weighted by Gasteiger charge is -2.24. The van der Waals surface area contributed by atoms with Gasteiger partial charge in [0, 0.05) is 26.3 Å². The Balaban J connectivity index is 2.03. The van der Waals surface area contributed by atoms with Crippen molar-refractivity contribution in [3.8, 4) is 0 Å².